The summed E-state index contributed by atoms with van der Waals surface area (Å²) in [5.41, 5.74) is 8.30. The minimum Gasteiger partial charge on any atom is -0.349 e. The van der Waals surface area contributed by atoms with E-state index in [-0.39, 0.29) is 11.9 Å². The van der Waals surface area contributed by atoms with E-state index in [4.69, 9.17) is 5.73 Å². The molecule has 116 valence electrons. The lowest BCUT2D eigenvalue weighted by atomic mass is 10.0. The minimum absolute atomic E-state index is 0.0204. The predicted molar refractivity (Wildman–Crippen MR) is 83.7 cm³/mol. The zero-order valence-electron chi connectivity index (χ0n) is 12.7. The molecule has 1 fully saturated rings. The lowest BCUT2D eigenvalue weighted by Gasteiger charge is -2.20. The van der Waals surface area contributed by atoms with Gasteiger partial charge in [-0.25, -0.2) is 9.67 Å². The molecule has 2 unspecified atom stereocenters. The van der Waals surface area contributed by atoms with Gasteiger partial charge in [-0.05, 0) is 56.0 Å². The number of carbonyl (C=O) groups is 1. The fourth-order valence-corrected chi connectivity index (χ4v) is 3.14. The molecule has 0 bridgehead atoms. The van der Waals surface area contributed by atoms with Gasteiger partial charge in [0, 0.05) is 11.6 Å². The van der Waals surface area contributed by atoms with Crippen molar-refractivity contribution in [3.8, 4) is 5.69 Å². The maximum Gasteiger partial charge on any atom is 0.251 e. The van der Waals surface area contributed by atoms with E-state index in [0.717, 1.165) is 30.5 Å². The number of benzene rings is 1. The monoisotopic (exact) mass is 299 g/mol. The first-order valence-electron chi connectivity index (χ1n) is 7.65. The van der Waals surface area contributed by atoms with Gasteiger partial charge >= 0.3 is 0 Å². The number of nitrogens with two attached hydrogens (primary N) is 1. The Hall–Kier alpha value is -2.21. The van der Waals surface area contributed by atoms with Crippen molar-refractivity contribution in [2.75, 3.05) is 6.54 Å². The van der Waals surface area contributed by atoms with Crippen molar-refractivity contribution in [1.29, 1.82) is 0 Å². The topological polar surface area (TPSA) is 85.8 Å². The Morgan fingerprint density at radius 1 is 1.45 bits per heavy atom. The van der Waals surface area contributed by atoms with Crippen LogP contribution in [0, 0.1) is 12.8 Å². The zero-order chi connectivity index (χ0) is 15.5. The van der Waals surface area contributed by atoms with Gasteiger partial charge in [0.25, 0.3) is 5.91 Å². The Labute approximate surface area is 129 Å². The van der Waals surface area contributed by atoms with Crippen LogP contribution in [0.2, 0.25) is 0 Å². The number of hydrogen-bond acceptors (Lipinski definition) is 4. The number of nitrogens with one attached hydrogen (secondary N) is 1. The average molecular weight is 299 g/mol. The summed E-state index contributed by atoms with van der Waals surface area (Å²) in [5, 5.41) is 7.23. The lowest BCUT2D eigenvalue weighted by Crippen LogP contribution is -2.40. The number of carbonyl (C=O) groups excluding carboxylic acids is 1. The summed E-state index contributed by atoms with van der Waals surface area (Å²) in [4.78, 5) is 16.4. The van der Waals surface area contributed by atoms with Crippen LogP contribution in [0.25, 0.3) is 5.69 Å². The summed E-state index contributed by atoms with van der Waals surface area (Å²) in [6, 6.07) is 5.87. The van der Waals surface area contributed by atoms with Crippen molar-refractivity contribution >= 4 is 5.91 Å². The molecule has 1 aliphatic rings. The Balaban J connectivity index is 1.75. The van der Waals surface area contributed by atoms with E-state index in [1.54, 1.807) is 11.0 Å². The highest BCUT2D eigenvalue weighted by molar-refractivity contribution is 5.96. The van der Waals surface area contributed by atoms with E-state index in [9.17, 15) is 4.79 Å². The van der Waals surface area contributed by atoms with Crippen LogP contribution in [0.5, 0.6) is 0 Å². The normalized spacial score (nSPS) is 21.0. The first kappa shape index (κ1) is 14.7. The lowest BCUT2D eigenvalue weighted by molar-refractivity contribution is 0.0928. The maximum absolute atomic E-state index is 12.5. The molecule has 1 heterocycles. The Morgan fingerprint density at radius 3 is 3.00 bits per heavy atom. The van der Waals surface area contributed by atoms with E-state index in [1.807, 2.05) is 25.1 Å². The Bertz CT molecular complexity index is 653. The average Bonchev–Trinajstić information content (AvgIpc) is 3.18. The van der Waals surface area contributed by atoms with E-state index >= 15 is 0 Å². The number of aryl methyl sites for hydroxylation is 1. The second-order valence-corrected chi connectivity index (χ2v) is 5.85. The molecule has 1 aromatic heterocycles. The molecule has 0 saturated heterocycles. The van der Waals surface area contributed by atoms with Crippen molar-refractivity contribution in [1.82, 2.24) is 20.1 Å². The highest BCUT2D eigenvalue weighted by Gasteiger charge is 2.27. The van der Waals surface area contributed by atoms with Crippen LogP contribution >= 0.6 is 0 Å². The molecule has 0 aliphatic heterocycles. The van der Waals surface area contributed by atoms with Crippen LogP contribution in [0.1, 0.15) is 35.2 Å². The quantitative estimate of drug-likeness (QED) is 0.894. The summed E-state index contributed by atoms with van der Waals surface area (Å²) in [7, 11) is 0. The van der Waals surface area contributed by atoms with Gasteiger partial charge in [-0.15, -0.1) is 0 Å². The van der Waals surface area contributed by atoms with Crippen molar-refractivity contribution in [3.63, 3.8) is 0 Å². The molecule has 1 amide bonds. The second kappa shape index (κ2) is 6.27. The van der Waals surface area contributed by atoms with Crippen molar-refractivity contribution in [2.45, 2.75) is 32.2 Å². The maximum atomic E-state index is 12.5. The third-order valence-electron chi connectivity index (χ3n) is 4.42. The first-order valence-corrected chi connectivity index (χ1v) is 7.65. The summed E-state index contributed by atoms with van der Waals surface area (Å²) in [6.07, 6.45) is 6.38. The van der Waals surface area contributed by atoms with Crippen LogP contribution < -0.4 is 11.1 Å². The molecule has 2 atom stereocenters. The van der Waals surface area contributed by atoms with Crippen LogP contribution in [0.4, 0.5) is 0 Å². The van der Waals surface area contributed by atoms with Crippen LogP contribution in [0.3, 0.4) is 0 Å². The number of amides is 1. The molecule has 0 spiro atoms. The molecule has 1 aliphatic carbocycles. The van der Waals surface area contributed by atoms with Crippen LogP contribution in [-0.2, 0) is 0 Å². The van der Waals surface area contributed by atoms with Crippen molar-refractivity contribution < 1.29 is 4.79 Å². The van der Waals surface area contributed by atoms with Crippen LogP contribution in [-0.4, -0.2) is 33.3 Å². The van der Waals surface area contributed by atoms with Gasteiger partial charge in [0.2, 0.25) is 0 Å². The predicted octanol–water partition coefficient (Wildman–Crippen LogP) is 1.43. The highest BCUT2D eigenvalue weighted by atomic mass is 16.1. The minimum atomic E-state index is -0.0204. The van der Waals surface area contributed by atoms with Gasteiger partial charge in [0.05, 0.1) is 5.69 Å². The molecular weight excluding hydrogens is 278 g/mol. The molecule has 6 nitrogen and oxygen atoms in total. The van der Waals surface area contributed by atoms with Gasteiger partial charge in [-0.3, -0.25) is 4.79 Å². The van der Waals surface area contributed by atoms with Crippen molar-refractivity contribution in [3.05, 3.63) is 42.0 Å². The summed E-state index contributed by atoms with van der Waals surface area (Å²) in [5.74, 6) is 0.381. The third kappa shape index (κ3) is 2.87. The summed E-state index contributed by atoms with van der Waals surface area (Å²) >= 11 is 0. The molecule has 3 N–H and O–H groups in total. The number of hydrogen-bond donors (Lipinski definition) is 2. The second-order valence-electron chi connectivity index (χ2n) is 5.85. The fourth-order valence-electron chi connectivity index (χ4n) is 3.14. The number of aromatic nitrogens is 3. The van der Waals surface area contributed by atoms with Crippen LogP contribution in [0.15, 0.2) is 30.9 Å². The van der Waals surface area contributed by atoms with E-state index in [1.165, 1.54) is 6.33 Å². The molecule has 3 rings (SSSR count). The standard InChI is InChI=1S/C16H21N5O/c1-11-7-13(21-10-18-9-19-21)5-6-14(11)16(22)20-15-4-2-3-12(15)8-17/h5-7,9-10,12,15H,2-4,8,17H2,1H3,(H,20,22). The Morgan fingerprint density at radius 2 is 2.32 bits per heavy atom. The van der Waals surface area contributed by atoms with Gasteiger partial charge in [0.15, 0.2) is 0 Å². The van der Waals surface area contributed by atoms with Gasteiger partial charge in [-0.2, -0.15) is 5.10 Å². The summed E-state index contributed by atoms with van der Waals surface area (Å²) in [6.45, 7) is 2.57. The smallest absolute Gasteiger partial charge is 0.251 e. The highest BCUT2D eigenvalue weighted by Crippen LogP contribution is 2.25. The van der Waals surface area contributed by atoms with Gasteiger partial charge < -0.3 is 11.1 Å². The summed E-state index contributed by atoms with van der Waals surface area (Å²) < 4.78 is 1.68. The first-order chi connectivity index (χ1) is 10.7. The van der Waals surface area contributed by atoms with E-state index in [2.05, 4.69) is 15.4 Å². The van der Waals surface area contributed by atoms with Crippen molar-refractivity contribution in [2.24, 2.45) is 11.7 Å². The molecule has 22 heavy (non-hydrogen) atoms. The number of nitrogens with zero attached hydrogens (tertiary/aromatic N) is 3. The molecule has 0 radical (unpaired) electrons. The van der Waals surface area contributed by atoms with E-state index in [0.29, 0.717) is 18.0 Å². The van der Waals surface area contributed by atoms with Gasteiger partial charge in [-0.1, -0.05) is 6.42 Å². The zero-order valence-corrected chi connectivity index (χ0v) is 12.7. The fraction of sp³-hybridized carbons (Fsp3) is 0.438. The molecule has 6 heteroatoms. The third-order valence-corrected chi connectivity index (χ3v) is 4.42. The van der Waals surface area contributed by atoms with Gasteiger partial charge in [0.1, 0.15) is 12.7 Å². The molecule has 2 aromatic rings. The largest absolute Gasteiger partial charge is 0.349 e. The molecule has 1 saturated carbocycles. The van der Waals surface area contributed by atoms with E-state index < -0.39 is 0 Å². The molecule has 1 aromatic carbocycles. The molecular formula is C16H21N5O. The number of rotatable bonds is 4. The SMILES string of the molecule is Cc1cc(-n2cncn2)ccc1C(=O)NC1CCCC1CN. The Kier molecular flexibility index (Phi) is 4.20.